The van der Waals surface area contributed by atoms with Gasteiger partial charge in [0.15, 0.2) is 0 Å². The zero-order valence-electron chi connectivity index (χ0n) is 22.5. The molecule has 0 unspecified atom stereocenters. The van der Waals surface area contributed by atoms with Gasteiger partial charge in [-0.25, -0.2) is 9.78 Å². The van der Waals surface area contributed by atoms with Crippen molar-refractivity contribution >= 4 is 11.7 Å². The molecule has 196 valence electrons. The van der Waals surface area contributed by atoms with Gasteiger partial charge in [0.2, 0.25) is 0 Å². The molecule has 0 aliphatic heterocycles. The molecule has 0 atom stereocenters. The fourth-order valence-corrected chi connectivity index (χ4v) is 5.27. The normalized spacial score (nSPS) is 14.5. The highest BCUT2D eigenvalue weighted by molar-refractivity contribution is 5.83. The van der Waals surface area contributed by atoms with Crippen molar-refractivity contribution in [2.75, 3.05) is 0 Å². The molecule has 1 aliphatic rings. The summed E-state index contributed by atoms with van der Waals surface area (Å²) >= 11 is 0. The van der Waals surface area contributed by atoms with Crippen LogP contribution < -0.4 is 5.32 Å². The van der Waals surface area contributed by atoms with E-state index in [-0.39, 0.29) is 11.6 Å². The smallest absolute Gasteiger partial charge is 0.408 e. The summed E-state index contributed by atoms with van der Waals surface area (Å²) in [5, 5.41) is 3.16. The lowest BCUT2D eigenvalue weighted by molar-refractivity contribution is 0.0377. The number of alkyl carbamates (subject to hydrolysis) is 1. The molecule has 5 aromatic rings. The SMILES string of the molecule is CC(C)(C)OC(=O)NC1(c2ccc(-c3nc4ccc(-c5ccccn5)cn4c3-c3ccccc3)cc2)CCC1. The van der Waals surface area contributed by atoms with Gasteiger partial charge in [0, 0.05) is 29.1 Å². The van der Waals surface area contributed by atoms with E-state index in [0.29, 0.717) is 0 Å². The predicted octanol–water partition coefficient (Wildman–Crippen LogP) is 7.63. The molecule has 1 fully saturated rings. The van der Waals surface area contributed by atoms with E-state index in [1.807, 2.05) is 69.4 Å². The van der Waals surface area contributed by atoms with Gasteiger partial charge in [-0.05, 0) is 69.9 Å². The lowest BCUT2D eigenvalue weighted by Gasteiger charge is -2.43. The molecular weight excluding hydrogens is 484 g/mol. The minimum Gasteiger partial charge on any atom is -0.444 e. The monoisotopic (exact) mass is 516 g/mol. The summed E-state index contributed by atoms with van der Waals surface area (Å²) in [6, 6.07) is 28.8. The van der Waals surface area contributed by atoms with Crippen LogP contribution in [0, 0.1) is 0 Å². The van der Waals surface area contributed by atoms with Gasteiger partial charge in [-0.15, -0.1) is 0 Å². The van der Waals surface area contributed by atoms with Gasteiger partial charge in [0.25, 0.3) is 0 Å². The van der Waals surface area contributed by atoms with Crippen LogP contribution in [0.3, 0.4) is 0 Å². The third kappa shape index (κ3) is 4.90. The van der Waals surface area contributed by atoms with Crippen molar-refractivity contribution in [2.24, 2.45) is 0 Å². The van der Waals surface area contributed by atoms with Crippen LogP contribution in [0.2, 0.25) is 0 Å². The van der Waals surface area contributed by atoms with E-state index in [1.165, 1.54) is 0 Å². The van der Waals surface area contributed by atoms with Gasteiger partial charge >= 0.3 is 6.09 Å². The summed E-state index contributed by atoms with van der Waals surface area (Å²) in [5.74, 6) is 0. The maximum atomic E-state index is 12.6. The van der Waals surface area contributed by atoms with E-state index in [1.54, 1.807) is 0 Å². The Balaban J connectivity index is 1.40. The lowest BCUT2D eigenvalue weighted by atomic mass is 9.71. The summed E-state index contributed by atoms with van der Waals surface area (Å²) < 4.78 is 7.71. The number of benzene rings is 2. The van der Waals surface area contributed by atoms with E-state index in [0.717, 1.165) is 64.2 Å². The van der Waals surface area contributed by atoms with Crippen LogP contribution >= 0.6 is 0 Å². The number of nitrogens with zero attached hydrogens (tertiary/aromatic N) is 3. The molecule has 6 rings (SSSR count). The van der Waals surface area contributed by atoms with Gasteiger partial charge in [-0.3, -0.25) is 9.38 Å². The first kappa shape index (κ1) is 24.9. The second-order valence-corrected chi connectivity index (χ2v) is 11.2. The largest absolute Gasteiger partial charge is 0.444 e. The molecule has 0 saturated heterocycles. The van der Waals surface area contributed by atoms with Gasteiger partial charge in [-0.1, -0.05) is 60.7 Å². The van der Waals surface area contributed by atoms with E-state index < -0.39 is 5.60 Å². The molecule has 2 aromatic carbocycles. The number of imidazole rings is 1. The Hall–Kier alpha value is -4.45. The Bertz CT molecular complexity index is 1610. The number of rotatable bonds is 5. The van der Waals surface area contributed by atoms with Crippen molar-refractivity contribution in [3.05, 3.63) is 103 Å². The summed E-state index contributed by atoms with van der Waals surface area (Å²) in [5.41, 5.74) is 7.03. The average molecular weight is 517 g/mol. The second-order valence-electron chi connectivity index (χ2n) is 11.2. The molecule has 0 bridgehead atoms. The fraction of sp³-hybridized carbons (Fsp3) is 0.242. The highest BCUT2D eigenvalue weighted by Crippen LogP contribution is 2.42. The fourth-order valence-electron chi connectivity index (χ4n) is 5.27. The number of carbonyl (C=O) groups excluding carboxylic acids is 1. The van der Waals surface area contributed by atoms with Crippen LogP contribution in [0.5, 0.6) is 0 Å². The Kier molecular flexibility index (Phi) is 6.18. The number of carbonyl (C=O) groups is 1. The van der Waals surface area contributed by atoms with Crippen LogP contribution in [-0.4, -0.2) is 26.1 Å². The first-order valence-corrected chi connectivity index (χ1v) is 13.4. The molecule has 0 spiro atoms. The number of amides is 1. The maximum Gasteiger partial charge on any atom is 0.408 e. The van der Waals surface area contributed by atoms with Crippen LogP contribution in [0.4, 0.5) is 4.79 Å². The number of fused-ring (bicyclic) bond motifs is 1. The minimum absolute atomic E-state index is 0.373. The number of aromatic nitrogens is 3. The Morgan fingerprint density at radius 2 is 1.59 bits per heavy atom. The summed E-state index contributed by atoms with van der Waals surface area (Å²) in [6.07, 6.45) is 6.41. The van der Waals surface area contributed by atoms with Crippen LogP contribution in [0.15, 0.2) is 97.3 Å². The molecule has 6 nitrogen and oxygen atoms in total. The molecule has 1 aliphatic carbocycles. The quantitative estimate of drug-likeness (QED) is 0.261. The number of nitrogens with one attached hydrogen (secondary N) is 1. The van der Waals surface area contributed by atoms with Crippen LogP contribution in [0.25, 0.3) is 39.4 Å². The third-order valence-corrected chi connectivity index (χ3v) is 7.28. The first-order chi connectivity index (χ1) is 18.8. The highest BCUT2D eigenvalue weighted by atomic mass is 16.6. The van der Waals surface area contributed by atoms with Crippen LogP contribution in [-0.2, 0) is 10.3 Å². The zero-order chi connectivity index (χ0) is 27.0. The number of ether oxygens (including phenoxy) is 1. The van der Waals surface area contributed by atoms with Crippen LogP contribution in [0.1, 0.15) is 45.6 Å². The van der Waals surface area contributed by atoms with E-state index >= 15 is 0 Å². The molecule has 3 heterocycles. The van der Waals surface area contributed by atoms with E-state index in [2.05, 4.69) is 63.4 Å². The molecule has 1 N–H and O–H groups in total. The van der Waals surface area contributed by atoms with Gasteiger partial charge < -0.3 is 10.1 Å². The predicted molar refractivity (Wildman–Crippen MR) is 154 cm³/mol. The number of hydrogen-bond acceptors (Lipinski definition) is 4. The molecule has 3 aromatic heterocycles. The third-order valence-electron chi connectivity index (χ3n) is 7.28. The number of pyridine rings is 2. The van der Waals surface area contributed by atoms with E-state index in [4.69, 9.17) is 9.72 Å². The van der Waals surface area contributed by atoms with Gasteiger partial charge in [0.1, 0.15) is 11.2 Å². The summed E-state index contributed by atoms with van der Waals surface area (Å²) in [6.45, 7) is 5.65. The standard InChI is InChI=1S/C33H32N4O2/c1-32(2,3)39-31(38)36-33(19-9-20-33)26-16-13-23(14-17-26)29-30(24-10-5-4-6-11-24)37-22-25(15-18-28(37)35-29)27-12-7-8-21-34-27/h4-8,10-18,21-22H,9,19-20H2,1-3H3,(H,36,38). The Labute approximate surface area is 228 Å². The molecule has 0 radical (unpaired) electrons. The van der Waals surface area contributed by atoms with Crippen molar-refractivity contribution in [1.29, 1.82) is 0 Å². The van der Waals surface area contributed by atoms with Gasteiger partial charge in [-0.2, -0.15) is 0 Å². The first-order valence-electron chi connectivity index (χ1n) is 13.4. The second kappa shape index (κ2) is 9.70. The zero-order valence-corrected chi connectivity index (χ0v) is 22.5. The molecular formula is C33H32N4O2. The molecule has 1 saturated carbocycles. The Morgan fingerprint density at radius 1 is 0.872 bits per heavy atom. The highest BCUT2D eigenvalue weighted by Gasteiger charge is 2.41. The lowest BCUT2D eigenvalue weighted by Crippen LogP contribution is -2.52. The minimum atomic E-state index is -0.535. The number of hydrogen-bond donors (Lipinski definition) is 1. The van der Waals surface area contributed by atoms with Crippen molar-refractivity contribution in [3.8, 4) is 33.8 Å². The van der Waals surface area contributed by atoms with Crippen molar-refractivity contribution in [2.45, 2.75) is 51.2 Å². The summed E-state index contributed by atoms with van der Waals surface area (Å²) in [4.78, 5) is 22.2. The van der Waals surface area contributed by atoms with Crippen molar-refractivity contribution in [1.82, 2.24) is 19.7 Å². The van der Waals surface area contributed by atoms with Crippen molar-refractivity contribution in [3.63, 3.8) is 0 Å². The maximum absolute atomic E-state index is 12.6. The Morgan fingerprint density at radius 3 is 2.23 bits per heavy atom. The average Bonchev–Trinajstić information content (AvgIpc) is 3.30. The molecule has 39 heavy (non-hydrogen) atoms. The van der Waals surface area contributed by atoms with E-state index in [9.17, 15) is 4.79 Å². The van der Waals surface area contributed by atoms with Crippen molar-refractivity contribution < 1.29 is 9.53 Å². The molecule has 1 amide bonds. The topological polar surface area (TPSA) is 68.5 Å². The molecule has 6 heteroatoms. The summed E-state index contributed by atoms with van der Waals surface area (Å²) in [7, 11) is 0. The van der Waals surface area contributed by atoms with Gasteiger partial charge in [0.05, 0.1) is 22.6 Å².